The van der Waals surface area contributed by atoms with Crippen molar-refractivity contribution >= 4 is 5.91 Å². The van der Waals surface area contributed by atoms with E-state index in [1.165, 1.54) is 5.56 Å². The highest BCUT2D eigenvalue weighted by molar-refractivity contribution is 5.79. The average molecular weight is 295 g/mol. The smallest absolute Gasteiger partial charge is 0.227 e. The molecule has 0 saturated carbocycles. The molecule has 1 heterocycles. The van der Waals surface area contributed by atoms with Crippen molar-refractivity contribution in [3.05, 3.63) is 60.2 Å². The number of β-amino-alcohol motifs (C(OH)–C–C–N with tert-alkyl or cyclic N) is 1. The maximum Gasteiger partial charge on any atom is 0.227 e. The lowest BCUT2D eigenvalue weighted by atomic mass is 10.0. The lowest BCUT2D eigenvalue weighted by Crippen LogP contribution is -2.42. The molecule has 3 heteroatoms. The van der Waals surface area contributed by atoms with Gasteiger partial charge in [-0.1, -0.05) is 54.6 Å². The molecule has 114 valence electrons. The number of benzene rings is 2. The summed E-state index contributed by atoms with van der Waals surface area (Å²) in [6.07, 6.45) is 1.73. The van der Waals surface area contributed by atoms with Crippen LogP contribution in [0.25, 0.3) is 11.1 Å². The van der Waals surface area contributed by atoms with E-state index in [9.17, 15) is 9.90 Å². The quantitative estimate of drug-likeness (QED) is 0.946. The topological polar surface area (TPSA) is 40.5 Å². The molecule has 0 spiro atoms. The van der Waals surface area contributed by atoms with Crippen molar-refractivity contribution in [2.75, 3.05) is 13.1 Å². The van der Waals surface area contributed by atoms with Crippen molar-refractivity contribution in [2.24, 2.45) is 0 Å². The lowest BCUT2D eigenvalue weighted by Gasteiger charge is -2.30. The Morgan fingerprint density at radius 1 is 1.05 bits per heavy atom. The van der Waals surface area contributed by atoms with Gasteiger partial charge in [0, 0.05) is 13.1 Å². The summed E-state index contributed by atoms with van der Waals surface area (Å²) in [6, 6.07) is 18.4. The molecule has 3 nitrogen and oxygen atoms in total. The average Bonchev–Trinajstić information content (AvgIpc) is 2.56. The van der Waals surface area contributed by atoms with Gasteiger partial charge in [0.15, 0.2) is 0 Å². The third-order valence-corrected chi connectivity index (χ3v) is 4.17. The van der Waals surface area contributed by atoms with Gasteiger partial charge >= 0.3 is 0 Å². The van der Waals surface area contributed by atoms with E-state index >= 15 is 0 Å². The van der Waals surface area contributed by atoms with E-state index in [1.54, 1.807) is 4.90 Å². The third-order valence-electron chi connectivity index (χ3n) is 4.17. The van der Waals surface area contributed by atoms with Crippen molar-refractivity contribution in [1.82, 2.24) is 4.90 Å². The Morgan fingerprint density at radius 2 is 1.73 bits per heavy atom. The van der Waals surface area contributed by atoms with Gasteiger partial charge in [-0.2, -0.15) is 0 Å². The van der Waals surface area contributed by atoms with Crippen molar-refractivity contribution in [3.63, 3.8) is 0 Å². The molecule has 2 aromatic rings. The Hall–Kier alpha value is -2.13. The number of aliphatic hydroxyl groups excluding tert-OH is 1. The molecule has 0 aliphatic carbocycles. The van der Waals surface area contributed by atoms with Gasteiger partial charge in [-0.15, -0.1) is 0 Å². The van der Waals surface area contributed by atoms with E-state index in [-0.39, 0.29) is 12.0 Å². The van der Waals surface area contributed by atoms with Crippen LogP contribution in [0, 0.1) is 0 Å². The molecule has 22 heavy (non-hydrogen) atoms. The van der Waals surface area contributed by atoms with Crippen LogP contribution < -0.4 is 0 Å². The van der Waals surface area contributed by atoms with Gasteiger partial charge in [-0.25, -0.2) is 0 Å². The third kappa shape index (κ3) is 3.55. The Labute approximate surface area is 131 Å². The monoisotopic (exact) mass is 295 g/mol. The Morgan fingerprint density at radius 3 is 2.41 bits per heavy atom. The Bertz CT molecular complexity index is 622. The number of nitrogens with zero attached hydrogens (tertiary/aromatic N) is 1. The number of piperidine rings is 1. The summed E-state index contributed by atoms with van der Waals surface area (Å²) < 4.78 is 0. The van der Waals surface area contributed by atoms with Gasteiger partial charge in [-0.05, 0) is 29.5 Å². The maximum atomic E-state index is 12.3. The molecule has 3 rings (SSSR count). The second kappa shape index (κ2) is 6.75. The van der Waals surface area contributed by atoms with E-state index in [0.29, 0.717) is 13.0 Å². The van der Waals surface area contributed by atoms with E-state index in [2.05, 4.69) is 24.3 Å². The van der Waals surface area contributed by atoms with Crippen molar-refractivity contribution in [2.45, 2.75) is 25.4 Å². The molecular formula is C19H21NO2. The molecule has 0 radical (unpaired) electrons. The fourth-order valence-electron chi connectivity index (χ4n) is 2.91. The maximum absolute atomic E-state index is 12.3. The standard InChI is InChI=1S/C19H21NO2/c21-18-7-4-12-20(14-18)19(22)13-15-8-10-17(11-9-15)16-5-2-1-3-6-16/h1-3,5-6,8-11,18,21H,4,7,12-14H2. The number of carbonyl (C=O) groups excluding carboxylic acids is 1. The van der Waals surface area contributed by atoms with Gasteiger partial charge in [0.1, 0.15) is 0 Å². The molecule has 1 saturated heterocycles. The summed E-state index contributed by atoms with van der Waals surface area (Å²) in [5.41, 5.74) is 3.36. The largest absolute Gasteiger partial charge is 0.391 e. The van der Waals surface area contributed by atoms with Gasteiger partial charge in [-0.3, -0.25) is 4.79 Å². The first-order valence-corrected chi connectivity index (χ1v) is 7.82. The number of rotatable bonds is 3. The summed E-state index contributed by atoms with van der Waals surface area (Å²) in [6.45, 7) is 1.24. The number of aliphatic hydroxyl groups is 1. The fourth-order valence-corrected chi connectivity index (χ4v) is 2.91. The zero-order valence-electron chi connectivity index (χ0n) is 12.6. The highest BCUT2D eigenvalue weighted by atomic mass is 16.3. The molecule has 1 fully saturated rings. The van der Waals surface area contributed by atoms with Crippen LogP contribution in [0.1, 0.15) is 18.4 Å². The molecule has 1 atom stereocenters. The van der Waals surface area contributed by atoms with E-state index in [4.69, 9.17) is 0 Å². The summed E-state index contributed by atoms with van der Waals surface area (Å²) in [7, 11) is 0. The SMILES string of the molecule is O=C(Cc1ccc(-c2ccccc2)cc1)N1CCCC(O)C1. The van der Waals surface area contributed by atoms with Crippen molar-refractivity contribution in [1.29, 1.82) is 0 Å². The first-order chi connectivity index (χ1) is 10.7. The van der Waals surface area contributed by atoms with Crippen LogP contribution in [0.5, 0.6) is 0 Å². The first-order valence-electron chi connectivity index (χ1n) is 7.82. The van der Waals surface area contributed by atoms with E-state index < -0.39 is 0 Å². The molecule has 1 N–H and O–H groups in total. The second-order valence-corrected chi connectivity index (χ2v) is 5.88. The molecule has 1 unspecified atom stereocenters. The normalized spacial score (nSPS) is 18.2. The molecular weight excluding hydrogens is 274 g/mol. The molecule has 1 aliphatic rings. The van der Waals surface area contributed by atoms with Gasteiger partial charge < -0.3 is 10.0 Å². The lowest BCUT2D eigenvalue weighted by molar-refractivity contribution is -0.133. The number of amides is 1. The Balaban J connectivity index is 1.65. The van der Waals surface area contributed by atoms with Gasteiger partial charge in [0.25, 0.3) is 0 Å². The van der Waals surface area contributed by atoms with Gasteiger partial charge in [0.2, 0.25) is 5.91 Å². The molecule has 0 bridgehead atoms. The number of carbonyl (C=O) groups is 1. The highest BCUT2D eigenvalue weighted by Gasteiger charge is 2.21. The molecule has 1 aliphatic heterocycles. The highest BCUT2D eigenvalue weighted by Crippen LogP contribution is 2.20. The Kier molecular flexibility index (Phi) is 4.54. The van der Waals surface area contributed by atoms with Crippen LogP contribution >= 0.6 is 0 Å². The van der Waals surface area contributed by atoms with E-state index in [0.717, 1.165) is 30.5 Å². The number of hydrogen-bond acceptors (Lipinski definition) is 2. The van der Waals surface area contributed by atoms with Crippen LogP contribution in [0.2, 0.25) is 0 Å². The van der Waals surface area contributed by atoms with Gasteiger partial charge in [0.05, 0.1) is 12.5 Å². The summed E-state index contributed by atoms with van der Waals surface area (Å²) in [5, 5.41) is 9.66. The van der Waals surface area contributed by atoms with Crippen molar-refractivity contribution in [3.8, 4) is 11.1 Å². The summed E-state index contributed by atoms with van der Waals surface area (Å²) >= 11 is 0. The minimum absolute atomic E-state index is 0.103. The molecule has 2 aromatic carbocycles. The van der Waals surface area contributed by atoms with Crippen LogP contribution in [0.15, 0.2) is 54.6 Å². The number of likely N-dealkylation sites (tertiary alicyclic amines) is 1. The van der Waals surface area contributed by atoms with E-state index in [1.807, 2.05) is 30.3 Å². The zero-order valence-corrected chi connectivity index (χ0v) is 12.6. The van der Waals surface area contributed by atoms with Crippen LogP contribution in [0.4, 0.5) is 0 Å². The minimum Gasteiger partial charge on any atom is -0.391 e. The summed E-state index contributed by atoms with van der Waals surface area (Å²) in [4.78, 5) is 14.1. The minimum atomic E-state index is -0.363. The predicted octanol–water partition coefficient (Wildman–Crippen LogP) is 2.88. The second-order valence-electron chi connectivity index (χ2n) is 5.88. The van der Waals surface area contributed by atoms with Crippen molar-refractivity contribution < 1.29 is 9.90 Å². The molecule has 0 aromatic heterocycles. The first kappa shape index (κ1) is 14.8. The summed E-state index contributed by atoms with van der Waals surface area (Å²) in [5.74, 6) is 0.103. The van der Waals surface area contributed by atoms with Crippen LogP contribution in [-0.2, 0) is 11.2 Å². The number of hydrogen-bond donors (Lipinski definition) is 1. The fraction of sp³-hybridized carbons (Fsp3) is 0.316. The zero-order chi connectivity index (χ0) is 15.4. The van der Waals surface area contributed by atoms with Crippen LogP contribution in [0.3, 0.4) is 0 Å². The predicted molar refractivity (Wildman–Crippen MR) is 87.4 cm³/mol. The van der Waals surface area contributed by atoms with Crippen LogP contribution in [-0.4, -0.2) is 35.1 Å². The molecule has 1 amide bonds.